The van der Waals surface area contributed by atoms with Crippen molar-refractivity contribution in [3.63, 3.8) is 0 Å². The van der Waals surface area contributed by atoms with Crippen LogP contribution in [0.2, 0.25) is 0 Å². The minimum absolute atomic E-state index is 0.523. The number of halogens is 1. The highest BCUT2D eigenvalue weighted by molar-refractivity contribution is 9.09. The molecule has 1 heterocycles. The molecular formula is C13H20BrN3O2. The third-order valence-electron chi connectivity index (χ3n) is 3.43. The highest BCUT2D eigenvalue weighted by Crippen LogP contribution is 2.28. The third kappa shape index (κ3) is 3.49. The molecular weight excluding hydrogens is 310 g/mol. The van der Waals surface area contributed by atoms with Crippen molar-refractivity contribution in [1.29, 1.82) is 0 Å². The van der Waals surface area contributed by atoms with Crippen molar-refractivity contribution in [2.45, 2.75) is 31.7 Å². The Labute approximate surface area is 122 Å². The highest BCUT2D eigenvalue weighted by Gasteiger charge is 2.25. The maximum Gasteiger partial charge on any atom is 0.232 e. The van der Waals surface area contributed by atoms with Gasteiger partial charge in [0.1, 0.15) is 0 Å². The average Bonchev–Trinajstić information content (AvgIpc) is 2.97. The fourth-order valence-electron chi connectivity index (χ4n) is 2.48. The van der Waals surface area contributed by atoms with Crippen molar-refractivity contribution in [3.8, 4) is 11.8 Å². The summed E-state index contributed by atoms with van der Waals surface area (Å²) in [6.45, 7) is 0.890. The molecule has 0 atom stereocenters. The summed E-state index contributed by atoms with van der Waals surface area (Å²) >= 11 is 3.51. The van der Waals surface area contributed by atoms with Crippen LogP contribution in [0.15, 0.2) is 6.07 Å². The molecule has 0 radical (unpaired) electrons. The molecule has 0 spiro atoms. The van der Waals surface area contributed by atoms with Crippen LogP contribution in [-0.4, -0.2) is 42.1 Å². The van der Waals surface area contributed by atoms with Crippen molar-refractivity contribution in [1.82, 2.24) is 9.97 Å². The average molecular weight is 330 g/mol. The van der Waals surface area contributed by atoms with Crippen molar-refractivity contribution in [3.05, 3.63) is 6.07 Å². The summed E-state index contributed by atoms with van der Waals surface area (Å²) < 4.78 is 10.4. The molecule has 0 bridgehead atoms. The second kappa shape index (κ2) is 6.93. The van der Waals surface area contributed by atoms with Crippen molar-refractivity contribution in [2.24, 2.45) is 0 Å². The minimum Gasteiger partial charge on any atom is -0.481 e. The molecule has 1 saturated carbocycles. The fraction of sp³-hybridized carbons (Fsp3) is 0.692. The number of aromatic nitrogens is 2. The molecule has 0 amide bonds. The zero-order chi connectivity index (χ0) is 13.7. The molecule has 5 nitrogen and oxygen atoms in total. The van der Waals surface area contributed by atoms with Gasteiger partial charge in [-0.2, -0.15) is 9.97 Å². The van der Waals surface area contributed by atoms with Crippen LogP contribution < -0.4 is 14.4 Å². The lowest BCUT2D eigenvalue weighted by Crippen LogP contribution is -2.36. The smallest absolute Gasteiger partial charge is 0.232 e. The first-order chi connectivity index (χ1) is 9.28. The lowest BCUT2D eigenvalue weighted by atomic mass is 10.2. The zero-order valence-corrected chi connectivity index (χ0v) is 13.0. The van der Waals surface area contributed by atoms with Crippen LogP contribution in [0.1, 0.15) is 25.7 Å². The normalized spacial score (nSPS) is 15.5. The number of methoxy groups -OCH3 is 2. The molecule has 1 aliphatic rings. The number of ether oxygens (including phenoxy) is 2. The molecule has 19 heavy (non-hydrogen) atoms. The number of alkyl halides is 1. The van der Waals surface area contributed by atoms with Gasteiger partial charge in [0.25, 0.3) is 0 Å². The van der Waals surface area contributed by atoms with E-state index in [9.17, 15) is 0 Å². The predicted octanol–water partition coefficient (Wildman–Crippen LogP) is 2.64. The van der Waals surface area contributed by atoms with E-state index >= 15 is 0 Å². The lowest BCUT2D eigenvalue weighted by Gasteiger charge is -2.28. The van der Waals surface area contributed by atoms with E-state index in [0.717, 1.165) is 11.9 Å². The van der Waals surface area contributed by atoms with Crippen LogP contribution in [0, 0.1) is 0 Å². The third-order valence-corrected chi connectivity index (χ3v) is 3.79. The van der Waals surface area contributed by atoms with Crippen LogP contribution in [0.4, 0.5) is 5.95 Å². The largest absolute Gasteiger partial charge is 0.481 e. The Morgan fingerprint density at radius 2 is 1.79 bits per heavy atom. The van der Waals surface area contributed by atoms with Gasteiger partial charge in [-0.05, 0) is 12.8 Å². The Hall–Kier alpha value is -1.04. The molecule has 0 N–H and O–H groups in total. The van der Waals surface area contributed by atoms with E-state index in [4.69, 9.17) is 9.47 Å². The summed E-state index contributed by atoms with van der Waals surface area (Å²) in [5.41, 5.74) is 0. The second-order valence-corrected chi connectivity index (χ2v) is 5.37. The number of hydrogen-bond donors (Lipinski definition) is 0. The zero-order valence-electron chi connectivity index (χ0n) is 11.4. The minimum atomic E-state index is 0.523. The molecule has 0 aromatic carbocycles. The molecule has 6 heteroatoms. The van der Waals surface area contributed by atoms with Gasteiger partial charge in [-0.15, -0.1) is 0 Å². The molecule has 106 valence electrons. The van der Waals surface area contributed by atoms with Gasteiger partial charge in [-0.25, -0.2) is 0 Å². The van der Waals surface area contributed by atoms with Gasteiger partial charge >= 0.3 is 0 Å². The molecule has 1 aromatic rings. The number of rotatable bonds is 6. The molecule has 0 aliphatic heterocycles. The number of nitrogens with zero attached hydrogens (tertiary/aromatic N) is 3. The van der Waals surface area contributed by atoms with Crippen molar-refractivity contribution < 1.29 is 9.47 Å². The van der Waals surface area contributed by atoms with E-state index in [2.05, 4.69) is 30.8 Å². The van der Waals surface area contributed by atoms with Gasteiger partial charge < -0.3 is 14.4 Å². The van der Waals surface area contributed by atoms with E-state index in [1.54, 1.807) is 20.3 Å². The van der Waals surface area contributed by atoms with E-state index in [0.29, 0.717) is 23.8 Å². The summed E-state index contributed by atoms with van der Waals surface area (Å²) in [5, 5.41) is 0.895. The summed E-state index contributed by atoms with van der Waals surface area (Å²) in [6.07, 6.45) is 4.97. The van der Waals surface area contributed by atoms with Gasteiger partial charge in [0, 0.05) is 17.9 Å². The van der Waals surface area contributed by atoms with E-state index in [1.165, 1.54) is 25.7 Å². The van der Waals surface area contributed by atoms with E-state index in [-0.39, 0.29) is 0 Å². The van der Waals surface area contributed by atoms with Gasteiger partial charge in [0.05, 0.1) is 20.3 Å². The molecule has 0 unspecified atom stereocenters. The molecule has 1 aliphatic carbocycles. The Balaban J connectivity index is 2.28. The van der Waals surface area contributed by atoms with E-state index in [1.807, 2.05) is 0 Å². The maximum atomic E-state index is 5.22. The quantitative estimate of drug-likeness (QED) is 0.751. The standard InChI is InChI=1S/C13H20BrN3O2/c1-18-11-9-12(19-2)16-13(15-11)17(8-7-14)10-5-3-4-6-10/h9-10H,3-8H2,1-2H3. The molecule has 1 aromatic heterocycles. The van der Waals surface area contributed by atoms with Crippen LogP contribution >= 0.6 is 15.9 Å². The monoisotopic (exact) mass is 329 g/mol. The first-order valence-electron chi connectivity index (χ1n) is 6.58. The Morgan fingerprint density at radius 3 is 2.26 bits per heavy atom. The maximum absolute atomic E-state index is 5.22. The van der Waals surface area contributed by atoms with Crippen molar-refractivity contribution in [2.75, 3.05) is 31.0 Å². The predicted molar refractivity (Wildman–Crippen MR) is 78.5 cm³/mol. The van der Waals surface area contributed by atoms with Gasteiger partial charge in [-0.3, -0.25) is 0 Å². The van der Waals surface area contributed by atoms with Crippen LogP contribution in [0.25, 0.3) is 0 Å². The Morgan fingerprint density at radius 1 is 1.21 bits per heavy atom. The Bertz CT molecular complexity index is 389. The van der Waals surface area contributed by atoms with Crippen LogP contribution in [-0.2, 0) is 0 Å². The first kappa shape index (κ1) is 14.4. The van der Waals surface area contributed by atoms with E-state index < -0.39 is 0 Å². The van der Waals surface area contributed by atoms with Gasteiger partial charge in [0.15, 0.2) is 0 Å². The first-order valence-corrected chi connectivity index (χ1v) is 7.70. The highest BCUT2D eigenvalue weighted by atomic mass is 79.9. The summed E-state index contributed by atoms with van der Waals surface area (Å²) in [7, 11) is 3.21. The summed E-state index contributed by atoms with van der Waals surface area (Å²) in [4.78, 5) is 11.2. The lowest BCUT2D eigenvalue weighted by molar-refractivity contribution is 0.370. The Kier molecular flexibility index (Phi) is 5.24. The summed E-state index contributed by atoms with van der Waals surface area (Å²) in [5.74, 6) is 1.78. The number of hydrogen-bond acceptors (Lipinski definition) is 5. The molecule has 0 saturated heterocycles. The number of anilines is 1. The van der Waals surface area contributed by atoms with Crippen molar-refractivity contribution >= 4 is 21.9 Å². The van der Waals surface area contributed by atoms with Crippen LogP contribution in [0.5, 0.6) is 11.8 Å². The molecule has 2 rings (SSSR count). The van der Waals surface area contributed by atoms with Gasteiger partial charge in [0.2, 0.25) is 17.7 Å². The SMILES string of the molecule is COc1cc(OC)nc(N(CCBr)C2CCCC2)n1. The summed E-state index contributed by atoms with van der Waals surface area (Å²) in [6, 6.07) is 2.22. The topological polar surface area (TPSA) is 47.5 Å². The fourth-order valence-corrected chi connectivity index (χ4v) is 2.86. The second-order valence-electron chi connectivity index (χ2n) is 4.57. The molecule has 1 fully saturated rings. The van der Waals surface area contributed by atoms with Gasteiger partial charge in [-0.1, -0.05) is 28.8 Å². The van der Waals surface area contributed by atoms with Crippen LogP contribution in [0.3, 0.4) is 0 Å².